The van der Waals surface area contributed by atoms with E-state index in [9.17, 15) is 9.59 Å². The molecule has 23 heavy (non-hydrogen) atoms. The summed E-state index contributed by atoms with van der Waals surface area (Å²) in [5.41, 5.74) is 6.40. The van der Waals surface area contributed by atoms with Crippen LogP contribution in [-0.2, 0) is 4.79 Å². The van der Waals surface area contributed by atoms with Crippen LogP contribution in [0.25, 0.3) is 0 Å². The number of nitrogens with zero attached hydrogens (tertiary/aromatic N) is 2. The molecular formula is C17H26N4O2. The molecule has 0 spiro atoms. The summed E-state index contributed by atoms with van der Waals surface area (Å²) in [5.74, 6) is 0.0734. The molecule has 0 aromatic heterocycles. The lowest BCUT2D eigenvalue weighted by molar-refractivity contribution is -0.122. The first-order valence-electron chi connectivity index (χ1n) is 7.97. The Labute approximate surface area is 137 Å². The number of likely N-dealkylation sites (N-methyl/N-ethyl adjacent to an activating group) is 1. The highest BCUT2D eigenvalue weighted by Crippen LogP contribution is 2.28. The second-order valence-corrected chi connectivity index (χ2v) is 6.43. The van der Waals surface area contributed by atoms with Gasteiger partial charge in [-0.1, -0.05) is 30.3 Å². The molecule has 6 nitrogen and oxygen atoms in total. The first-order valence-corrected chi connectivity index (χ1v) is 7.97. The van der Waals surface area contributed by atoms with E-state index in [1.165, 1.54) is 17.5 Å². The maximum Gasteiger partial charge on any atom is 0.314 e. The van der Waals surface area contributed by atoms with Gasteiger partial charge in [0.05, 0.1) is 0 Å². The van der Waals surface area contributed by atoms with Crippen molar-refractivity contribution < 1.29 is 9.59 Å². The molecule has 0 bridgehead atoms. The summed E-state index contributed by atoms with van der Waals surface area (Å²) in [6.45, 7) is 6.02. The molecule has 1 aromatic carbocycles. The summed E-state index contributed by atoms with van der Waals surface area (Å²) in [5, 5.41) is 3.07. The van der Waals surface area contributed by atoms with Crippen molar-refractivity contribution in [1.29, 1.82) is 0 Å². The van der Waals surface area contributed by atoms with E-state index in [0.29, 0.717) is 6.04 Å². The summed E-state index contributed by atoms with van der Waals surface area (Å²) >= 11 is 0. The third kappa shape index (κ3) is 4.45. The van der Waals surface area contributed by atoms with Crippen molar-refractivity contribution in [2.75, 3.05) is 26.7 Å². The molecule has 1 aliphatic heterocycles. The lowest BCUT2D eigenvalue weighted by Gasteiger charge is -2.22. The smallest absolute Gasteiger partial charge is 0.314 e. The monoisotopic (exact) mass is 318 g/mol. The number of primary amides is 1. The summed E-state index contributed by atoms with van der Waals surface area (Å²) in [6.07, 6.45) is 0. The van der Waals surface area contributed by atoms with Crippen molar-refractivity contribution in [3.8, 4) is 0 Å². The molecule has 1 fully saturated rings. The number of carbonyl (C=O) groups excluding carboxylic acids is 2. The average molecular weight is 318 g/mol. The predicted octanol–water partition coefficient (Wildman–Crippen LogP) is 0.990. The van der Waals surface area contributed by atoms with E-state index in [0.717, 1.165) is 13.1 Å². The molecule has 0 aliphatic carbocycles. The van der Waals surface area contributed by atoms with Gasteiger partial charge in [-0.15, -0.1) is 0 Å². The van der Waals surface area contributed by atoms with Crippen LogP contribution in [-0.4, -0.2) is 60.5 Å². The van der Waals surface area contributed by atoms with Crippen molar-refractivity contribution in [2.45, 2.75) is 31.8 Å². The Morgan fingerprint density at radius 3 is 2.52 bits per heavy atom. The highest BCUT2D eigenvalue weighted by molar-refractivity contribution is 5.83. The maximum absolute atomic E-state index is 12.2. The van der Waals surface area contributed by atoms with Crippen LogP contribution in [0.3, 0.4) is 0 Å². The van der Waals surface area contributed by atoms with Crippen LogP contribution in [0.1, 0.15) is 25.3 Å². The molecule has 0 unspecified atom stereocenters. The number of nitrogens with one attached hydrogen (secondary N) is 1. The zero-order chi connectivity index (χ0) is 17.0. The first-order chi connectivity index (χ1) is 10.9. The SMILES string of the molecule is CC(C)N1C[C@H](NC(=O)CN(C)C(N)=O)[C@@H](c2ccccc2)C1. The number of nitrogens with two attached hydrogens (primary N) is 1. The zero-order valence-electron chi connectivity index (χ0n) is 14.0. The lowest BCUT2D eigenvalue weighted by Crippen LogP contribution is -2.46. The molecule has 1 aliphatic rings. The van der Waals surface area contributed by atoms with Crippen LogP contribution in [0.5, 0.6) is 0 Å². The number of carbonyl (C=O) groups is 2. The number of likely N-dealkylation sites (tertiary alicyclic amines) is 1. The summed E-state index contributed by atoms with van der Waals surface area (Å²) in [7, 11) is 1.52. The Hall–Kier alpha value is -2.08. The van der Waals surface area contributed by atoms with E-state index in [1.54, 1.807) is 0 Å². The van der Waals surface area contributed by atoms with Gasteiger partial charge in [0.1, 0.15) is 6.54 Å². The Bertz CT molecular complexity index is 547. The average Bonchev–Trinajstić information content (AvgIpc) is 2.92. The number of hydrogen-bond acceptors (Lipinski definition) is 3. The fourth-order valence-electron chi connectivity index (χ4n) is 2.99. The fraction of sp³-hybridized carbons (Fsp3) is 0.529. The van der Waals surface area contributed by atoms with Gasteiger partial charge in [0, 0.05) is 38.1 Å². The molecule has 0 saturated carbocycles. The number of hydrogen-bond donors (Lipinski definition) is 2. The normalized spacial score (nSPS) is 21.4. The number of urea groups is 1. The Morgan fingerprint density at radius 1 is 1.30 bits per heavy atom. The topological polar surface area (TPSA) is 78.7 Å². The second-order valence-electron chi connectivity index (χ2n) is 6.43. The Morgan fingerprint density at radius 2 is 1.96 bits per heavy atom. The van der Waals surface area contributed by atoms with E-state index in [2.05, 4.69) is 36.2 Å². The van der Waals surface area contributed by atoms with Gasteiger partial charge in [-0.25, -0.2) is 4.79 Å². The highest BCUT2D eigenvalue weighted by atomic mass is 16.2. The summed E-state index contributed by atoms with van der Waals surface area (Å²) in [6, 6.07) is 10.1. The van der Waals surface area contributed by atoms with E-state index >= 15 is 0 Å². The molecule has 126 valence electrons. The van der Waals surface area contributed by atoms with Crippen LogP contribution in [0, 0.1) is 0 Å². The largest absolute Gasteiger partial charge is 0.351 e. The molecular weight excluding hydrogens is 292 g/mol. The van der Waals surface area contributed by atoms with Crippen LogP contribution in [0.15, 0.2) is 30.3 Å². The van der Waals surface area contributed by atoms with Crippen LogP contribution < -0.4 is 11.1 Å². The summed E-state index contributed by atoms with van der Waals surface area (Å²) in [4.78, 5) is 26.8. The molecule has 2 atom stereocenters. The van der Waals surface area contributed by atoms with Gasteiger partial charge in [0.25, 0.3) is 0 Å². The van der Waals surface area contributed by atoms with Gasteiger partial charge >= 0.3 is 6.03 Å². The molecule has 2 rings (SSSR count). The predicted molar refractivity (Wildman–Crippen MR) is 90.0 cm³/mol. The van der Waals surface area contributed by atoms with Crippen LogP contribution in [0.4, 0.5) is 4.79 Å². The minimum Gasteiger partial charge on any atom is -0.351 e. The van der Waals surface area contributed by atoms with E-state index in [1.807, 2.05) is 18.2 Å². The van der Waals surface area contributed by atoms with Crippen LogP contribution >= 0.6 is 0 Å². The van der Waals surface area contributed by atoms with Gasteiger partial charge in [-0.2, -0.15) is 0 Å². The van der Waals surface area contributed by atoms with Crippen molar-refractivity contribution >= 4 is 11.9 Å². The van der Waals surface area contributed by atoms with Crippen molar-refractivity contribution in [2.24, 2.45) is 5.73 Å². The molecule has 1 aromatic rings. The van der Waals surface area contributed by atoms with Gasteiger partial charge < -0.3 is 16.0 Å². The van der Waals surface area contributed by atoms with Crippen molar-refractivity contribution in [3.63, 3.8) is 0 Å². The maximum atomic E-state index is 12.2. The standard InChI is InChI=1S/C17H26N4O2/c1-12(2)21-9-14(13-7-5-4-6-8-13)15(10-21)19-16(22)11-20(3)17(18)23/h4-8,12,14-15H,9-11H2,1-3H3,(H2,18,23)(H,19,22)/t14-,15+/m1/s1. The molecule has 1 saturated heterocycles. The lowest BCUT2D eigenvalue weighted by atomic mass is 9.94. The minimum atomic E-state index is -0.602. The second kappa shape index (κ2) is 7.46. The first kappa shape index (κ1) is 17.3. The van der Waals surface area contributed by atoms with E-state index < -0.39 is 6.03 Å². The zero-order valence-corrected chi connectivity index (χ0v) is 14.0. The fourth-order valence-corrected chi connectivity index (χ4v) is 2.99. The van der Waals surface area contributed by atoms with Gasteiger partial charge in [0.2, 0.25) is 5.91 Å². The molecule has 1 heterocycles. The Kier molecular flexibility index (Phi) is 5.60. The van der Waals surface area contributed by atoms with Gasteiger partial charge in [-0.3, -0.25) is 9.69 Å². The number of amides is 3. The quantitative estimate of drug-likeness (QED) is 0.850. The van der Waals surface area contributed by atoms with Gasteiger partial charge in [0.15, 0.2) is 0 Å². The summed E-state index contributed by atoms with van der Waals surface area (Å²) < 4.78 is 0. The molecule has 6 heteroatoms. The minimum absolute atomic E-state index is 0.0188. The number of benzene rings is 1. The van der Waals surface area contributed by atoms with Crippen molar-refractivity contribution in [1.82, 2.24) is 15.1 Å². The molecule has 0 radical (unpaired) electrons. The Balaban J connectivity index is 2.07. The van der Waals surface area contributed by atoms with Gasteiger partial charge in [-0.05, 0) is 19.4 Å². The number of rotatable bonds is 5. The molecule has 3 amide bonds. The third-order valence-corrected chi connectivity index (χ3v) is 4.41. The van der Waals surface area contributed by atoms with E-state index in [4.69, 9.17) is 5.73 Å². The third-order valence-electron chi connectivity index (χ3n) is 4.41. The molecule has 3 N–H and O–H groups in total. The van der Waals surface area contributed by atoms with E-state index in [-0.39, 0.29) is 24.4 Å². The van der Waals surface area contributed by atoms with Crippen molar-refractivity contribution in [3.05, 3.63) is 35.9 Å². The highest BCUT2D eigenvalue weighted by Gasteiger charge is 2.35. The van der Waals surface area contributed by atoms with Crippen LogP contribution in [0.2, 0.25) is 0 Å².